The summed E-state index contributed by atoms with van der Waals surface area (Å²) in [7, 11) is 0. The fourth-order valence-corrected chi connectivity index (χ4v) is 8.89. The van der Waals surface area contributed by atoms with E-state index in [1.165, 1.54) is 12.7 Å². The maximum absolute atomic E-state index is 13.3. The van der Waals surface area contributed by atoms with Crippen LogP contribution in [0.2, 0.25) is 0 Å². The highest BCUT2D eigenvalue weighted by atomic mass is 32.7. The van der Waals surface area contributed by atoms with Crippen LogP contribution < -0.4 is 10.1 Å². The molecule has 2 aliphatic rings. The van der Waals surface area contributed by atoms with Gasteiger partial charge >= 0.3 is 6.80 Å². The monoisotopic (exact) mass is 740 g/mol. The van der Waals surface area contributed by atoms with Gasteiger partial charge in [0.1, 0.15) is 36.3 Å². The van der Waals surface area contributed by atoms with Crippen LogP contribution in [0.4, 0.5) is 5.82 Å². The lowest BCUT2D eigenvalue weighted by Crippen LogP contribution is -2.40. The number of anilines is 1. The van der Waals surface area contributed by atoms with Gasteiger partial charge in [-0.1, -0.05) is 87.5 Å². The maximum Gasteiger partial charge on any atom is 0.386 e. The molecule has 2 N–H and O–H groups in total. The van der Waals surface area contributed by atoms with E-state index in [0.717, 1.165) is 16.7 Å². The summed E-state index contributed by atoms with van der Waals surface area (Å²) in [5.74, 6) is 1.41. The fraction of sp³-hybridized carbons (Fsp3) is 0.324. The summed E-state index contributed by atoms with van der Waals surface area (Å²) in [5, 5.41) is 11.8. The molecule has 7 rings (SSSR count). The van der Waals surface area contributed by atoms with Crippen LogP contribution in [0.15, 0.2) is 91.5 Å². The molecule has 1 unspecified atom stereocenters. The highest BCUT2D eigenvalue weighted by molar-refractivity contribution is 8.54. The van der Waals surface area contributed by atoms with Crippen molar-refractivity contribution < 1.29 is 33.0 Å². The Kier molecular flexibility index (Phi) is 9.93. The van der Waals surface area contributed by atoms with Crippen molar-refractivity contribution in [2.45, 2.75) is 57.6 Å². The smallest absolute Gasteiger partial charge is 0.386 e. The Balaban J connectivity index is 1.25. The third-order valence-corrected chi connectivity index (χ3v) is 11.9. The molecule has 4 heterocycles. The third-order valence-electron chi connectivity index (χ3n) is 8.90. The Morgan fingerprint density at radius 2 is 1.73 bits per heavy atom. The second kappa shape index (κ2) is 14.4. The molecular weight excluding hydrogens is 703 g/mol. The van der Waals surface area contributed by atoms with Crippen molar-refractivity contribution in [2.75, 3.05) is 17.7 Å². The average molecular weight is 741 g/mol. The largest absolute Gasteiger partial charge is 0.457 e. The van der Waals surface area contributed by atoms with Crippen molar-refractivity contribution in [3.05, 3.63) is 108 Å². The molecule has 2 aliphatic heterocycles. The van der Waals surface area contributed by atoms with Gasteiger partial charge in [0.15, 0.2) is 22.6 Å². The molecule has 0 aliphatic carbocycles. The van der Waals surface area contributed by atoms with E-state index in [1.54, 1.807) is 25.3 Å². The van der Waals surface area contributed by atoms with Crippen molar-refractivity contribution >= 4 is 41.1 Å². The van der Waals surface area contributed by atoms with Crippen LogP contribution >= 0.6 is 18.2 Å². The Labute approximate surface area is 304 Å². The Morgan fingerprint density at radius 3 is 2.40 bits per heavy atom. The third kappa shape index (κ3) is 6.96. The Hall–Kier alpha value is -4.61. The lowest BCUT2D eigenvalue weighted by Gasteiger charge is -2.41. The van der Waals surface area contributed by atoms with E-state index in [2.05, 4.69) is 20.3 Å². The van der Waals surface area contributed by atoms with Gasteiger partial charge in [-0.2, -0.15) is 5.26 Å². The number of ether oxygens (including phenoxy) is 3. The van der Waals surface area contributed by atoms with Gasteiger partial charge in [0.05, 0.1) is 19.0 Å². The number of fused-ring (bicyclic) bond motifs is 3. The molecule has 15 heteroatoms. The number of hydrogen-bond acceptors (Lipinski definition) is 11. The fourth-order valence-electron chi connectivity index (χ4n) is 6.38. The zero-order chi connectivity index (χ0) is 36.5. The number of nitriles is 1. The zero-order valence-corrected chi connectivity index (χ0v) is 30.4. The second-order valence-corrected chi connectivity index (χ2v) is 17.4. The first-order chi connectivity index (χ1) is 25.0. The number of hydrogen-bond donors (Lipinski definition) is 2. The van der Waals surface area contributed by atoms with Crippen molar-refractivity contribution in [1.82, 2.24) is 19.5 Å². The number of benzene rings is 3. The highest BCUT2D eigenvalue weighted by Crippen LogP contribution is 2.59. The molecule has 268 valence electrons. The van der Waals surface area contributed by atoms with Crippen LogP contribution in [0.25, 0.3) is 11.2 Å². The minimum Gasteiger partial charge on any atom is -0.457 e. The van der Waals surface area contributed by atoms with Gasteiger partial charge in [0.25, 0.3) is 0 Å². The number of rotatable bonds is 11. The predicted octanol–water partition coefficient (Wildman–Crippen LogP) is 7.35. The molecule has 1 amide bonds. The van der Waals surface area contributed by atoms with E-state index in [9.17, 15) is 14.3 Å². The molecule has 4 atom stereocenters. The highest BCUT2D eigenvalue weighted by Gasteiger charge is 2.48. The number of amides is 1. The van der Waals surface area contributed by atoms with E-state index in [-0.39, 0.29) is 36.9 Å². The quantitative estimate of drug-likeness (QED) is 0.102. The second-order valence-electron chi connectivity index (χ2n) is 13.4. The maximum atomic E-state index is 13.3. The first-order valence-electron chi connectivity index (χ1n) is 16.7. The van der Waals surface area contributed by atoms with Gasteiger partial charge in [0.2, 0.25) is 5.91 Å². The molecule has 0 bridgehead atoms. The van der Waals surface area contributed by atoms with Crippen LogP contribution in [0.3, 0.4) is 0 Å². The van der Waals surface area contributed by atoms with Gasteiger partial charge in [0, 0.05) is 35.1 Å². The average Bonchev–Trinajstić information content (AvgIpc) is 3.74. The number of para-hydroxylation sites is 2. The minimum absolute atomic E-state index is 0.0594. The Bertz CT molecular complexity index is 2140. The molecule has 1 fully saturated rings. The van der Waals surface area contributed by atoms with Crippen molar-refractivity contribution in [3.63, 3.8) is 0 Å². The van der Waals surface area contributed by atoms with Gasteiger partial charge < -0.3 is 24.4 Å². The van der Waals surface area contributed by atoms with E-state index >= 15 is 0 Å². The molecule has 0 radical (unpaired) electrons. The number of nitrogens with zero attached hydrogens (tertiary/aromatic N) is 5. The Morgan fingerprint density at radius 1 is 1.06 bits per heavy atom. The van der Waals surface area contributed by atoms with Crippen molar-refractivity contribution in [1.29, 1.82) is 5.26 Å². The first-order valence-corrected chi connectivity index (χ1v) is 19.9. The molecule has 1 saturated heterocycles. The summed E-state index contributed by atoms with van der Waals surface area (Å²) < 4.78 is 41.0. The molecule has 52 heavy (non-hydrogen) atoms. The number of aromatic nitrogens is 4. The van der Waals surface area contributed by atoms with Gasteiger partial charge in [-0.05, 0) is 29.1 Å². The van der Waals surface area contributed by atoms with Crippen LogP contribution in [-0.2, 0) is 29.0 Å². The molecular formula is C37H37N6O7PS. The SMILES string of the molecule is CC(C)(C)C(=O)Nc1ncnc2c1ncn2[C@H]1C[C@H](OP(=O)(O)SCCC#N)[C@@H](COC2(c3ccccc3)c3ccccc3Oc3ccccc32)O1. The van der Waals surface area contributed by atoms with Crippen LogP contribution in [0.5, 0.6) is 11.5 Å². The number of carbonyl (C=O) groups is 1. The van der Waals surface area contributed by atoms with Gasteiger partial charge in [-0.25, -0.2) is 19.5 Å². The summed E-state index contributed by atoms with van der Waals surface area (Å²) >= 11 is 0.700. The molecule has 0 spiro atoms. The number of carbonyl (C=O) groups excluding carboxylic acids is 1. The standard InChI is InChI=1S/C37H37N6O7PS/c1-36(2,3)35(44)42-33-32-34(40-22-39-33)43(23-41-32)31-20-29(50-51(45,46)52-19-11-18-38)30(49-31)21-47-37(24-12-5-4-6-13-24)25-14-7-9-16-27(25)48-28-17-10-8-15-26(28)37/h4-10,12-17,22-23,29-31H,11,19-21H2,1-3H3,(H,45,46)(H,39,40,42,44)/t29-,30+,31+/m0/s1. The summed E-state index contributed by atoms with van der Waals surface area (Å²) in [6.07, 6.45) is 0.607. The summed E-state index contributed by atoms with van der Waals surface area (Å²) in [6.45, 7) is 1.11. The predicted molar refractivity (Wildman–Crippen MR) is 195 cm³/mol. The van der Waals surface area contributed by atoms with Crippen molar-refractivity contribution in [2.24, 2.45) is 5.41 Å². The van der Waals surface area contributed by atoms with Crippen LogP contribution in [0.1, 0.15) is 56.5 Å². The molecule has 13 nitrogen and oxygen atoms in total. The topological polar surface area (TPSA) is 171 Å². The van der Waals surface area contributed by atoms with Crippen molar-refractivity contribution in [3.8, 4) is 17.6 Å². The normalized spacial score (nSPS) is 20.2. The van der Waals surface area contributed by atoms with Crippen LogP contribution in [0, 0.1) is 16.7 Å². The lowest BCUT2D eigenvalue weighted by molar-refractivity contribution is -0.123. The lowest BCUT2D eigenvalue weighted by atomic mass is 9.77. The number of nitrogens with one attached hydrogen (secondary N) is 1. The zero-order valence-electron chi connectivity index (χ0n) is 28.7. The summed E-state index contributed by atoms with van der Waals surface area (Å²) in [4.78, 5) is 36.9. The number of imidazole rings is 1. The van der Waals surface area contributed by atoms with E-state index in [0.29, 0.717) is 34.0 Å². The van der Waals surface area contributed by atoms with Crippen LogP contribution in [-0.4, -0.2) is 54.9 Å². The molecule has 5 aromatic rings. The minimum atomic E-state index is -4.23. The molecule has 3 aromatic carbocycles. The van der Waals surface area contributed by atoms with E-state index in [4.69, 9.17) is 24.0 Å². The van der Waals surface area contributed by atoms with E-state index in [1.807, 2.05) is 84.9 Å². The summed E-state index contributed by atoms with van der Waals surface area (Å²) in [6, 6.07) is 27.2. The van der Waals surface area contributed by atoms with Gasteiger partial charge in [-0.15, -0.1) is 0 Å². The molecule has 2 aromatic heterocycles. The first kappa shape index (κ1) is 35.8. The van der Waals surface area contributed by atoms with E-state index < -0.39 is 36.2 Å². The summed E-state index contributed by atoms with van der Waals surface area (Å²) in [5.41, 5.74) is 1.37. The van der Waals surface area contributed by atoms with Gasteiger partial charge in [-0.3, -0.25) is 13.9 Å². The molecule has 0 saturated carbocycles.